The lowest BCUT2D eigenvalue weighted by Gasteiger charge is -2.28. The van der Waals surface area contributed by atoms with Gasteiger partial charge in [0.25, 0.3) is 5.91 Å². The number of aromatic nitrogens is 1. The molecule has 0 spiro atoms. The van der Waals surface area contributed by atoms with E-state index < -0.39 is 0 Å². The third-order valence-corrected chi connectivity index (χ3v) is 3.61. The zero-order chi connectivity index (χ0) is 15.2. The maximum Gasteiger partial charge on any atom is 0.314 e. The number of rotatable bonds is 8. The SMILES string of the molecule is CCNCC(C)(CC)CNC(=O)c1noc(OC)c1C. The highest BCUT2D eigenvalue weighted by molar-refractivity contribution is 5.93. The van der Waals surface area contributed by atoms with Crippen molar-refractivity contribution in [2.45, 2.75) is 34.1 Å². The minimum absolute atomic E-state index is 0.0212. The van der Waals surface area contributed by atoms with Gasteiger partial charge in [0.1, 0.15) is 0 Å². The highest BCUT2D eigenvalue weighted by atomic mass is 16.6. The Hall–Kier alpha value is -1.56. The number of nitrogens with one attached hydrogen (secondary N) is 2. The molecule has 114 valence electrons. The van der Waals surface area contributed by atoms with Gasteiger partial charge in [-0.05, 0) is 25.3 Å². The van der Waals surface area contributed by atoms with Crippen molar-refractivity contribution in [2.24, 2.45) is 5.41 Å². The molecule has 1 atom stereocenters. The molecule has 6 nitrogen and oxygen atoms in total. The number of amides is 1. The van der Waals surface area contributed by atoms with E-state index in [9.17, 15) is 4.79 Å². The van der Waals surface area contributed by atoms with Gasteiger partial charge in [0.2, 0.25) is 0 Å². The van der Waals surface area contributed by atoms with Crippen molar-refractivity contribution in [3.05, 3.63) is 11.3 Å². The molecular weight excluding hydrogens is 258 g/mol. The van der Waals surface area contributed by atoms with Gasteiger partial charge in [0.15, 0.2) is 5.69 Å². The molecule has 6 heteroatoms. The number of carbonyl (C=O) groups excluding carboxylic acids is 1. The minimum atomic E-state index is -0.231. The van der Waals surface area contributed by atoms with Crippen LogP contribution in [0.4, 0.5) is 0 Å². The first-order chi connectivity index (χ1) is 9.47. The maximum absolute atomic E-state index is 12.1. The zero-order valence-corrected chi connectivity index (χ0v) is 13.0. The summed E-state index contributed by atoms with van der Waals surface area (Å²) in [5.74, 6) is 0.0479. The molecular formula is C14H25N3O3. The van der Waals surface area contributed by atoms with Crippen molar-refractivity contribution in [1.29, 1.82) is 0 Å². The lowest BCUT2D eigenvalue weighted by atomic mass is 9.87. The van der Waals surface area contributed by atoms with Crippen LogP contribution < -0.4 is 15.4 Å². The van der Waals surface area contributed by atoms with Gasteiger partial charge in [-0.3, -0.25) is 4.79 Å². The average molecular weight is 283 g/mol. The smallest absolute Gasteiger partial charge is 0.314 e. The Kier molecular flexibility index (Phi) is 6.01. The number of hydrogen-bond acceptors (Lipinski definition) is 5. The standard InChI is InChI=1S/C14H25N3O3/c1-6-14(4,8-15-7-2)9-16-12(18)11-10(3)13(19-5)20-17-11/h15H,6-9H2,1-5H3,(H,16,18). The molecule has 0 fully saturated rings. The summed E-state index contributed by atoms with van der Waals surface area (Å²) in [5, 5.41) is 9.99. The Labute approximate surface area is 120 Å². The molecule has 1 aromatic rings. The van der Waals surface area contributed by atoms with Crippen LogP contribution in [-0.4, -0.2) is 37.8 Å². The molecule has 0 saturated carbocycles. The van der Waals surface area contributed by atoms with Gasteiger partial charge in [-0.25, -0.2) is 0 Å². The zero-order valence-electron chi connectivity index (χ0n) is 13.0. The molecule has 1 amide bonds. The molecule has 0 aliphatic heterocycles. The summed E-state index contributed by atoms with van der Waals surface area (Å²) in [4.78, 5) is 12.1. The van der Waals surface area contributed by atoms with Crippen LogP contribution in [-0.2, 0) is 0 Å². The van der Waals surface area contributed by atoms with Crippen molar-refractivity contribution in [1.82, 2.24) is 15.8 Å². The number of nitrogens with zero attached hydrogens (tertiary/aromatic N) is 1. The molecule has 0 saturated heterocycles. The average Bonchev–Trinajstić information content (AvgIpc) is 2.83. The predicted molar refractivity (Wildman–Crippen MR) is 77.1 cm³/mol. The van der Waals surface area contributed by atoms with E-state index in [-0.39, 0.29) is 23.0 Å². The van der Waals surface area contributed by atoms with Crippen LogP contribution >= 0.6 is 0 Å². The summed E-state index contributed by atoms with van der Waals surface area (Å²) in [6.07, 6.45) is 0.974. The summed E-state index contributed by atoms with van der Waals surface area (Å²) in [6, 6.07) is 0. The van der Waals surface area contributed by atoms with E-state index in [1.807, 2.05) is 0 Å². The van der Waals surface area contributed by atoms with Gasteiger partial charge in [-0.15, -0.1) is 0 Å². The van der Waals surface area contributed by atoms with Crippen molar-refractivity contribution >= 4 is 5.91 Å². The van der Waals surface area contributed by atoms with E-state index in [0.717, 1.165) is 19.5 Å². The topological polar surface area (TPSA) is 76.4 Å². The summed E-state index contributed by atoms with van der Waals surface area (Å²) < 4.78 is 9.92. The molecule has 1 rings (SSSR count). The molecule has 0 aromatic carbocycles. The van der Waals surface area contributed by atoms with Gasteiger partial charge in [0.05, 0.1) is 12.7 Å². The Balaban J connectivity index is 2.63. The fourth-order valence-corrected chi connectivity index (χ4v) is 1.84. The van der Waals surface area contributed by atoms with Crippen LogP contribution in [0.25, 0.3) is 0 Å². The lowest BCUT2D eigenvalue weighted by Crippen LogP contribution is -2.42. The summed E-state index contributed by atoms with van der Waals surface area (Å²) in [5.41, 5.74) is 0.923. The second kappa shape index (κ2) is 7.28. The van der Waals surface area contributed by atoms with Gasteiger partial charge in [-0.1, -0.05) is 25.9 Å². The Bertz CT molecular complexity index is 445. The first kappa shape index (κ1) is 16.5. The van der Waals surface area contributed by atoms with Crippen LogP contribution in [0.5, 0.6) is 5.95 Å². The van der Waals surface area contributed by atoms with Gasteiger partial charge < -0.3 is 19.9 Å². The Morgan fingerprint density at radius 1 is 1.40 bits per heavy atom. The monoisotopic (exact) mass is 283 g/mol. The highest BCUT2D eigenvalue weighted by Gasteiger charge is 2.25. The molecule has 0 aliphatic rings. The van der Waals surface area contributed by atoms with Crippen LogP contribution in [0, 0.1) is 12.3 Å². The quantitative estimate of drug-likeness (QED) is 0.760. The summed E-state index contributed by atoms with van der Waals surface area (Å²) in [7, 11) is 1.49. The molecule has 1 unspecified atom stereocenters. The molecule has 0 radical (unpaired) electrons. The second-order valence-corrected chi connectivity index (χ2v) is 5.27. The van der Waals surface area contributed by atoms with Crippen LogP contribution in [0.15, 0.2) is 4.52 Å². The normalized spacial score (nSPS) is 13.8. The van der Waals surface area contributed by atoms with Gasteiger partial charge in [0, 0.05) is 13.1 Å². The minimum Gasteiger partial charge on any atom is -0.467 e. The van der Waals surface area contributed by atoms with E-state index in [2.05, 4.69) is 36.6 Å². The fourth-order valence-electron chi connectivity index (χ4n) is 1.84. The van der Waals surface area contributed by atoms with Crippen LogP contribution in [0.1, 0.15) is 43.2 Å². The molecule has 2 N–H and O–H groups in total. The Morgan fingerprint density at radius 3 is 2.60 bits per heavy atom. The van der Waals surface area contributed by atoms with Crippen LogP contribution in [0.2, 0.25) is 0 Å². The number of hydrogen-bond donors (Lipinski definition) is 2. The number of methoxy groups -OCH3 is 1. The van der Waals surface area contributed by atoms with Crippen molar-refractivity contribution in [3.63, 3.8) is 0 Å². The molecule has 0 aliphatic carbocycles. The van der Waals surface area contributed by atoms with Gasteiger partial charge in [-0.2, -0.15) is 0 Å². The third-order valence-electron chi connectivity index (χ3n) is 3.61. The largest absolute Gasteiger partial charge is 0.467 e. The lowest BCUT2D eigenvalue weighted by molar-refractivity contribution is 0.0922. The van der Waals surface area contributed by atoms with Gasteiger partial charge >= 0.3 is 5.95 Å². The van der Waals surface area contributed by atoms with Crippen molar-refractivity contribution < 1.29 is 14.1 Å². The second-order valence-electron chi connectivity index (χ2n) is 5.27. The predicted octanol–water partition coefficient (Wildman–Crippen LogP) is 1.75. The Morgan fingerprint density at radius 2 is 2.10 bits per heavy atom. The molecule has 1 aromatic heterocycles. The molecule has 20 heavy (non-hydrogen) atoms. The van der Waals surface area contributed by atoms with Crippen LogP contribution in [0.3, 0.4) is 0 Å². The first-order valence-electron chi connectivity index (χ1n) is 6.96. The maximum atomic E-state index is 12.1. The molecule has 1 heterocycles. The first-order valence-corrected chi connectivity index (χ1v) is 6.96. The van der Waals surface area contributed by atoms with E-state index in [0.29, 0.717) is 12.1 Å². The number of carbonyl (C=O) groups is 1. The van der Waals surface area contributed by atoms with E-state index in [4.69, 9.17) is 9.26 Å². The third kappa shape index (κ3) is 3.96. The van der Waals surface area contributed by atoms with E-state index in [1.165, 1.54) is 7.11 Å². The van der Waals surface area contributed by atoms with Crippen molar-refractivity contribution in [3.8, 4) is 5.95 Å². The van der Waals surface area contributed by atoms with E-state index >= 15 is 0 Å². The van der Waals surface area contributed by atoms with Crippen molar-refractivity contribution in [2.75, 3.05) is 26.7 Å². The van der Waals surface area contributed by atoms with E-state index in [1.54, 1.807) is 6.92 Å². The summed E-state index contributed by atoms with van der Waals surface area (Å²) >= 11 is 0. The highest BCUT2D eigenvalue weighted by Crippen LogP contribution is 2.21. The fraction of sp³-hybridized carbons (Fsp3) is 0.714. The summed E-state index contributed by atoms with van der Waals surface area (Å²) in [6.45, 7) is 10.5. The molecule has 0 bridgehead atoms. The number of ether oxygens (including phenoxy) is 1.